The Hall–Kier alpha value is -0.670. The van der Waals surface area contributed by atoms with Crippen molar-refractivity contribution in [1.29, 1.82) is 0 Å². The summed E-state index contributed by atoms with van der Waals surface area (Å²) in [6, 6.07) is 5.38. The Balaban J connectivity index is 3.02. The fraction of sp³-hybridized carbons (Fsp3) is 0.250. The van der Waals surface area contributed by atoms with Gasteiger partial charge in [-0.3, -0.25) is 0 Å². The first kappa shape index (κ1) is 8.43. The summed E-state index contributed by atoms with van der Waals surface area (Å²) in [4.78, 5) is 0.782. The van der Waals surface area contributed by atoms with Gasteiger partial charge in [-0.1, -0.05) is 6.07 Å². The van der Waals surface area contributed by atoms with Crippen LogP contribution in [0, 0.1) is 0 Å². The van der Waals surface area contributed by atoms with E-state index in [0.29, 0.717) is 5.75 Å². The number of ether oxygens (including phenoxy) is 1. The van der Waals surface area contributed by atoms with Crippen LogP contribution >= 0.6 is 12.6 Å². The molecule has 0 fully saturated rings. The van der Waals surface area contributed by atoms with Gasteiger partial charge in [-0.05, 0) is 17.7 Å². The van der Waals surface area contributed by atoms with E-state index >= 15 is 0 Å². The molecule has 0 saturated heterocycles. The summed E-state index contributed by atoms with van der Waals surface area (Å²) in [7, 11) is 1.58. The largest absolute Gasteiger partial charge is 0.496 e. The first-order valence-corrected chi connectivity index (χ1v) is 3.69. The van der Waals surface area contributed by atoms with Crippen molar-refractivity contribution in [1.82, 2.24) is 0 Å². The normalized spacial score (nSPS) is 9.73. The number of hydrogen-bond donors (Lipinski definition) is 2. The van der Waals surface area contributed by atoms with Gasteiger partial charge in [0.05, 0.1) is 13.7 Å². The quantitative estimate of drug-likeness (QED) is 0.658. The summed E-state index contributed by atoms with van der Waals surface area (Å²) in [6.45, 7) is 0.0322. The number of hydrogen-bond acceptors (Lipinski definition) is 3. The smallest absolute Gasteiger partial charge is 0.132 e. The first-order chi connectivity index (χ1) is 5.27. The van der Waals surface area contributed by atoms with E-state index in [1.807, 2.05) is 6.07 Å². The van der Waals surface area contributed by atoms with Gasteiger partial charge in [0.25, 0.3) is 0 Å². The molecule has 0 aliphatic rings. The lowest BCUT2D eigenvalue weighted by Crippen LogP contribution is -1.88. The molecule has 0 unspecified atom stereocenters. The summed E-state index contributed by atoms with van der Waals surface area (Å²) in [5, 5.41) is 8.77. The molecular weight excluding hydrogens is 160 g/mol. The molecule has 0 bridgehead atoms. The van der Waals surface area contributed by atoms with Gasteiger partial charge >= 0.3 is 0 Å². The molecule has 0 aliphatic carbocycles. The number of thiol groups is 1. The number of aliphatic hydroxyl groups is 1. The molecule has 0 amide bonds. The molecule has 1 aromatic carbocycles. The Morgan fingerprint density at radius 1 is 1.55 bits per heavy atom. The van der Waals surface area contributed by atoms with E-state index in [9.17, 15) is 0 Å². The second-order valence-corrected chi connectivity index (χ2v) is 2.65. The third kappa shape index (κ3) is 1.88. The molecule has 0 saturated carbocycles. The molecule has 0 aromatic heterocycles. The lowest BCUT2D eigenvalue weighted by Gasteiger charge is -2.04. The third-order valence-electron chi connectivity index (χ3n) is 1.43. The van der Waals surface area contributed by atoms with E-state index in [2.05, 4.69) is 12.6 Å². The van der Waals surface area contributed by atoms with Gasteiger partial charge in [0.2, 0.25) is 0 Å². The minimum atomic E-state index is 0.0322. The average Bonchev–Trinajstić information content (AvgIpc) is 2.05. The Morgan fingerprint density at radius 3 is 2.82 bits per heavy atom. The monoisotopic (exact) mass is 170 g/mol. The van der Waals surface area contributed by atoms with Gasteiger partial charge in [-0.2, -0.15) is 0 Å². The van der Waals surface area contributed by atoms with Crippen LogP contribution in [0.2, 0.25) is 0 Å². The number of aliphatic hydroxyl groups excluding tert-OH is 1. The van der Waals surface area contributed by atoms with Gasteiger partial charge in [-0.15, -0.1) is 12.6 Å². The molecule has 1 N–H and O–H groups in total. The molecule has 1 rings (SSSR count). The van der Waals surface area contributed by atoms with Crippen molar-refractivity contribution in [2.45, 2.75) is 11.5 Å². The zero-order valence-corrected chi connectivity index (χ0v) is 7.14. The van der Waals surface area contributed by atoms with Crippen LogP contribution < -0.4 is 4.74 Å². The van der Waals surface area contributed by atoms with E-state index < -0.39 is 0 Å². The van der Waals surface area contributed by atoms with Crippen LogP contribution in [-0.2, 0) is 6.61 Å². The molecule has 0 radical (unpaired) electrons. The highest BCUT2D eigenvalue weighted by atomic mass is 32.1. The Bertz CT molecular complexity index is 248. The maximum absolute atomic E-state index is 8.77. The van der Waals surface area contributed by atoms with Crippen LogP contribution in [0.15, 0.2) is 23.1 Å². The lowest BCUT2D eigenvalue weighted by atomic mass is 10.2. The second-order valence-electron chi connectivity index (χ2n) is 2.16. The van der Waals surface area contributed by atoms with Gasteiger partial charge in [0, 0.05) is 4.90 Å². The molecule has 60 valence electrons. The van der Waals surface area contributed by atoms with Gasteiger partial charge in [0.15, 0.2) is 0 Å². The topological polar surface area (TPSA) is 29.5 Å². The molecule has 1 aromatic rings. The molecule has 0 atom stereocenters. The highest BCUT2D eigenvalue weighted by Crippen LogP contribution is 2.22. The van der Waals surface area contributed by atoms with E-state index in [0.717, 1.165) is 10.5 Å². The van der Waals surface area contributed by atoms with Crippen LogP contribution in [0.4, 0.5) is 0 Å². The van der Waals surface area contributed by atoms with Crippen LogP contribution in [-0.4, -0.2) is 12.2 Å². The summed E-state index contributed by atoms with van der Waals surface area (Å²) in [5.41, 5.74) is 0.833. The Kier molecular flexibility index (Phi) is 2.79. The first-order valence-electron chi connectivity index (χ1n) is 3.24. The average molecular weight is 170 g/mol. The number of benzene rings is 1. The van der Waals surface area contributed by atoms with Crippen molar-refractivity contribution in [3.63, 3.8) is 0 Å². The van der Waals surface area contributed by atoms with Gasteiger partial charge in [-0.25, -0.2) is 0 Å². The minimum absolute atomic E-state index is 0.0322. The molecular formula is C8H10O2S. The van der Waals surface area contributed by atoms with Crippen LogP contribution in [0.1, 0.15) is 5.56 Å². The van der Waals surface area contributed by atoms with Gasteiger partial charge < -0.3 is 9.84 Å². The molecule has 0 heterocycles. The van der Waals surface area contributed by atoms with Crippen LogP contribution in [0.25, 0.3) is 0 Å². The predicted octanol–water partition coefficient (Wildman–Crippen LogP) is 1.48. The molecule has 2 nitrogen and oxygen atoms in total. The van der Waals surface area contributed by atoms with Crippen molar-refractivity contribution in [3.8, 4) is 5.75 Å². The zero-order chi connectivity index (χ0) is 8.27. The maximum atomic E-state index is 8.77. The van der Waals surface area contributed by atoms with Crippen LogP contribution in [0.5, 0.6) is 5.75 Å². The SMILES string of the molecule is COc1cc(CO)ccc1S. The fourth-order valence-electron chi connectivity index (χ4n) is 0.820. The van der Waals surface area contributed by atoms with Crippen molar-refractivity contribution in [2.75, 3.05) is 7.11 Å². The van der Waals surface area contributed by atoms with E-state index in [4.69, 9.17) is 9.84 Å². The number of rotatable bonds is 2. The number of methoxy groups -OCH3 is 1. The second kappa shape index (κ2) is 3.64. The summed E-state index contributed by atoms with van der Waals surface area (Å²) in [5.74, 6) is 0.694. The standard InChI is InChI=1S/C8H10O2S/c1-10-7-4-6(5-9)2-3-8(7)11/h2-4,9,11H,5H2,1H3. The fourth-order valence-corrected chi connectivity index (χ4v) is 1.05. The molecule has 0 aliphatic heterocycles. The lowest BCUT2D eigenvalue weighted by molar-refractivity contribution is 0.280. The minimum Gasteiger partial charge on any atom is -0.496 e. The van der Waals surface area contributed by atoms with E-state index in [1.165, 1.54) is 0 Å². The summed E-state index contributed by atoms with van der Waals surface area (Å²) in [6.07, 6.45) is 0. The van der Waals surface area contributed by atoms with Gasteiger partial charge in [0.1, 0.15) is 5.75 Å². The Morgan fingerprint density at radius 2 is 2.27 bits per heavy atom. The zero-order valence-electron chi connectivity index (χ0n) is 6.24. The molecule has 3 heteroatoms. The van der Waals surface area contributed by atoms with Crippen molar-refractivity contribution < 1.29 is 9.84 Å². The van der Waals surface area contributed by atoms with Crippen molar-refractivity contribution >= 4 is 12.6 Å². The van der Waals surface area contributed by atoms with Crippen molar-refractivity contribution in [3.05, 3.63) is 23.8 Å². The Labute approximate surface area is 71.2 Å². The molecule has 0 spiro atoms. The van der Waals surface area contributed by atoms with E-state index in [1.54, 1.807) is 19.2 Å². The summed E-state index contributed by atoms with van der Waals surface area (Å²) >= 11 is 4.16. The van der Waals surface area contributed by atoms with Crippen molar-refractivity contribution in [2.24, 2.45) is 0 Å². The third-order valence-corrected chi connectivity index (χ3v) is 1.80. The highest BCUT2D eigenvalue weighted by molar-refractivity contribution is 7.80. The maximum Gasteiger partial charge on any atom is 0.132 e. The van der Waals surface area contributed by atoms with E-state index in [-0.39, 0.29) is 6.61 Å². The predicted molar refractivity (Wildman–Crippen MR) is 46.2 cm³/mol. The molecule has 11 heavy (non-hydrogen) atoms. The highest BCUT2D eigenvalue weighted by Gasteiger charge is 1.98. The van der Waals surface area contributed by atoms with Crippen LogP contribution in [0.3, 0.4) is 0 Å². The summed E-state index contributed by atoms with van der Waals surface area (Å²) < 4.78 is 5.00.